The van der Waals surface area contributed by atoms with Crippen LogP contribution in [0.3, 0.4) is 0 Å². The first-order valence-electron chi connectivity index (χ1n) is 9.86. The number of anilines is 1. The van der Waals surface area contributed by atoms with Crippen LogP contribution < -0.4 is 10.6 Å². The highest BCUT2D eigenvalue weighted by molar-refractivity contribution is 6.04. The molecule has 2 aromatic carbocycles. The molecule has 31 heavy (non-hydrogen) atoms. The van der Waals surface area contributed by atoms with Gasteiger partial charge < -0.3 is 19.9 Å². The molecule has 0 spiro atoms. The second kappa shape index (κ2) is 9.75. The van der Waals surface area contributed by atoms with E-state index >= 15 is 0 Å². The fourth-order valence-electron chi connectivity index (χ4n) is 3.24. The van der Waals surface area contributed by atoms with Crippen molar-refractivity contribution < 1.29 is 19.1 Å². The molecule has 0 bridgehead atoms. The lowest BCUT2D eigenvalue weighted by atomic mass is 10.1. The first-order chi connectivity index (χ1) is 14.9. The Kier molecular flexibility index (Phi) is 6.87. The monoisotopic (exact) mass is 419 g/mol. The van der Waals surface area contributed by atoms with Crippen LogP contribution in [0.25, 0.3) is 5.69 Å². The molecule has 1 heterocycles. The van der Waals surface area contributed by atoms with Crippen LogP contribution in [0.5, 0.6) is 0 Å². The molecule has 3 aromatic rings. The van der Waals surface area contributed by atoms with Crippen LogP contribution in [0.1, 0.15) is 27.3 Å². The lowest BCUT2D eigenvalue weighted by molar-refractivity contribution is -0.141. The van der Waals surface area contributed by atoms with Gasteiger partial charge in [0, 0.05) is 28.3 Å². The summed E-state index contributed by atoms with van der Waals surface area (Å²) in [5.74, 6) is -0.996. The van der Waals surface area contributed by atoms with Crippen LogP contribution in [-0.4, -0.2) is 36.0 Å². The Morgan fingerprint density at radius 1 is 0.871 bits per heavy atom. The van der Waals surface area contributed by atoms with E-state index in [1.54, 1.807) is 36.4 Å². The van der Waals surface area contributed by atoms with Crippen LogP contribution >= 0.6 is 0 Å². The maximum atomic E-state index is 12.6. The number of aromatic nitrogens is 1. The van der Waals surface area contributed by atoms with E-state index in [1.807, 2.05) is 26.0 Å². The van der Waals surface area contributed by atoms with Crippen molar-refractivity contribution in [3.63, 3.8) is 0 Å². The summed E-state index contributed by atoms with van der Waals surface area (Å²) in [5.41, 5.74) is 5.22. The van der Waals surface area contributed by atoms with Gasteiger partial charge in [-0.2, -0.15) is 0 Å². The zero-order valence-electron chi connectivity index (χ0n) is 17.8. The first kappa shape index (κ1) is 21.8. The lowest BCUT2D eigenvalue weighted by Crippen LogP contribution is -2.31. The Morgan fingerprint density at radius 2 is 1.48 bits per heavy atom. The highest BCUT2D eigenvalue weighted by atomic mass is 16.5. The molecular formula is C24H25N3O4. The van der Waals surface area contributed by atoms with Crippen molar-refractivity contribution in [1.29, 1.82) is 0 Å². The second-order valence-corrected chi connectivity index (χ2v) is 7.18. The van der Waals surface area contributed by atoms with E-state index in [1.165, 1.54) is 7.11 Å². The van der Waals surface area contributed by atoms with Crippen molar-refractivity contribution in [2.24, 2.45) is 0 Å². The number of nitrogens with zero attached hydrogens (tertiary/aromatic N) is 1. The van der Waals surface area contributed by atoms with E-state index in [-0.39, 0.29) is 24.8 Å². The Balaban J connectivity index is 1.58. The standard InChI is InChI=1S/C24H25N3O4/c1-16-4-5-17(2)27(16)21-12-8-19(9-13-21)24(30)26-20-10-6-18(7-11-20)14-22(28)25-15-23(29)31-3/h4-13H,14-15H2,1-3H3,(H,25,28)(H,26,30). The minimum Gasteiger partial charge on any atom is -0.468 e. The van der Waals surface area contributed by atoms with Gasteiger partial charge in [0.05, 0.1) is 13.5 Å². The smallest absolute Gasteiger partial charge is 0.325 e. The van der Waals surface area contributed by atoms with Gasteiger partial charge in [0.25, 0.3) is 5.91 Å². The maximum Gasteiger partial charge on any atom is 0.325 e. The highest BCUT2D eigenvalue weighted by Crippen LogP contribution is 2.18. The molecule has 0 saturated carbocycles. The number of amides is 2. The van der Waals surface area contributed by atoms with E-state index < -0.39 is 5.97 Å². The van der Waals surface area contributed by atoms with E-state index in [9.17, 15) is 14.4 Å². The predicted molar refractivity (Wildman–Crippen MR) is 118 cm³/mol. The number of ether oxygens (including phenoxy) is 1. The summed E-state index contributed by atoms with van der Waals surface area (Å²) in [7, 11) is 1.26. The molecule has 160 valence electrons. The van der Waals surface area contributed by atoms with E-state index in [2.05, 4.69) is 32.1 Å². The van der Waals surface area contributed by atoms with Gasteiger partial charge in [-0.1, -0.05) is 12.1 Å². The molecule has 0 unspecified atom stereocenters. The van der Waals surface area contributed by atoms with Gasteiger partial charge >= 0.3 is 5.97 Å². The molecule has 2 amide bonds. The summed E-state index contributed by atoms with van der Waals surface area (Å²) in [4.78, 5) is 35.5. The third-order valence-electron chi connectivity index (χ3n) is 4.89. The topological polar surface area (TPSA) is 89.4 Å². The number of carbonyl (C=O) groups is 3. The summed E-state index contributed by atoms with van der Waals surface area (Å²) < 4.78 is 6.61. The zero-order chi connectivity index (χ0) is 22.4. The number of rotatable bonds is 7. The number of nitrogens with one attached hydrogen (secondary N) is 2. The quantitative estimate of drug-likeness (QED) is 0.576. The van der Waals surface area contributed by atoms with Crippen molar-refractivity contribution in [2.75, 3.05) is 19.0 Å². The van der Waals surface area contributed by atoms with Gasteiger partial charge in [0.15, 0.2) is 0 Å². The molecule has 0 radical (unpaired) electrons. The molecule has 0 aliphatic rings. The number of benzene rings is 2. The van der Waals surface area contributed by atoms with E-state index in [4.69, 9.17) is 0 Å². The van der Waals surface area contributed by atoms with Crippen molar-refractivity contribution in [2.45, 2.75) is 20.3 Å². The van der Waals surface area contributed by atoms with Crippen molar-refractivity contribution in [3.05, 3.63) is 83.2 Å². The van der Waals surface area contributed by atoms with Gasteiger partial charge in [-0.05, 0) is 67.9 Å². The molecule has 0 fully saturated rings. The number of hydrogen-bond donors (Lipinski definition) is 2. The summed E-state index contributed by atoms with van der Waals surface area (Å²) >= 11 is 0. The minimum absolute atomic E-state index is 0.130. The second-order valence-electron chi connectivity index (χ2n) is 7.18. The van der Waals surface area contributed by atoms with Crippen LogP contribution in [0, 0.1) is 13.8 Å². The zero-order valence-corrected chi connectivity index (χ0v) is 17.8. The average molecular weight is 419 g/mol. The minimum atomic E-state index is -0.502. The molecule has 0 aliphatic carbocycles. The van der Waals surface area contributed by atoms with E-state index in [0.717, 1.165) is 22.6 Å². The van der Waals surface area contributed by atoms with Crippen LogP contribution in [0.4, 0.5) is 5.69 Å². The third kappa shape index (κ3) is 5.60. The SMILES string of the molecule is COC(=O)CNC(=O)Cc1ccc(NC(=O)c2ccc(-n3c(C)ccc3C)cc2)cc1. The first-order valence-corrected chi connectivity index (χ1v) is 9.86. The largest absolute Gasteiger partial charge is 0.468 e. The Hall–Kier alpha value is -3.87. The Labute approximate surface area is 181 Å². The van der Waals surface area contributed by atoms with Crippen molar-refractivity contribution in [1.82, 2.24) is 9.88 Å². The average Bonchev–Trinajstić information content (AvgIpc) is 3.11. The lowest BCUT2D eigenvalue weighted by Gasteiger charge is -2.11. The highest BCUT2D eigenvalue weighted by Gasteiger charge is 2.10. The third-order valence-corrected chi connectivity index (χ3v) is 4.89. The molecule has 2 N–H and O–H groups in total. The fraction of sp³-hybridized carbons (Fsp3) is 0.208. The van der Waals surface area contributed by atoms with Crippen molar-refractivity contribution in [3.8, 4) is 5.69 Å². The molecular weight excluding hydrogens is 394 g/mol. The van der Waals surface area contributed by atoms with E-state index in [0.29, 0.717) is 11.3 Å². The number of methoxy groups -OCH3 is 1. The molecule has 7 nitrogen and oxygen atoms in total. The molecule has 7 heteroatoms. The summed E-state index contributed by atoms with van der Waals surface area (Å²) in [6.07, 6.45) is 0.130. The van der Waals surface area contributed by atoms with Gasteiger partial charge in [0.1, 0.15) is 6.54 Å². The normalized spacial score (nSPS) is 10.4. The molecule has 0 saturated heterocycles. The van der Waals surface area contributed by atoms with Crippen molar-refractivity contribution >= 4 is 23.5 Å². The van der Waals surface area contributed by atoms with Gasteiger partial charge in [-0.25, -0.2) is 0 Å². The molecule has 3 rings (SSSR count). The fourth-order valence-corrected chi connectivity index (χ4v) is 3.24. The van der Waals surface area contributed by atoms with Crippen LogP contribution in [0.2, 0.25) is 0 Å². The number of carbonyl (C=O) groups excluding carboxylic acids is 3. The summed E-state index contributed by atoms with van der Waals surface area (Å²) in [6, 6.07) is 18.5. The number of aryl methyl sites for hydroxylation is 2. The Morgan fingerprint density at radius 3 is 2.06 bits per heavy atom. The molecule has 1 aromatic heterocycles. The van der Waals surface area contributed by atoms with Crippen LogP contribution in [0.15, 0.2) is 60.7 Å². The summed E-state index contributed by atoms with van der Waals surface area (Å²) in [5, 5.41) is 5.34. The molecule has 0 aliphatic heterocycles. The van der Waals surface area contributed by atoms with Gasteiger partial charge in [0.2, 0.25) is 5.91 Å². The predicted octanol–water partition coefficient (Wildman–Crippen LogP) is 3.18. The number of esters is 1. The Bertz CT molecular complexity index is 1060. The maximum absolute atomic E-state index is 12.6. The summed E-state index contributed by atoms with van der Waals surface area (Å²) in [6.45, 7) is 3.92. The van der Waals surface area contributed by atoms with Gasteiger partial charge in [-0.3, -0.25) is 14.4 Å². The van der Waals surface area contributed by atoms with Crippen LogP contribution in [-0.2, 0) is 20.7 Å². The van der Waals surface area contributed by atoms with Gasteiger partial charge in [-0.15, -0.1) is 0 Å². The molecule has 0 atom stereocenters. The number of hydrogen-bond acceptors (Lipinski definition) is 4.